The zero-order chi connectivity index (χ0) is 13.8. The molecule has 0 saturated carbocycles. The highest BCUT2D eigenvalue weighted by molar-refractivity contribution is 9.10. The maximum atomic E-state index is 3.50. The van der Waals surface area contributed by atoms with Gasteiger partial charge in [0.05, 0.1) is 0 Å². The Hall–Kier alpha value is -0.580. The molecule has 1 aliphatic heterocycles. The number of piperazine rings is 1. The van der Waals surface area contributed by atoms with Crippen LogP contribution in [-0.4, -0.2) is 50.7 Å². The van der Waals surface area contributed by atoms with Gasteiger partial charge in [-0.25, -0.2) is 0 Å². The van der Waals surface area contributed by atoms with Gasteiger partial charge in [0.2, 0.25) is 0 Å². The summed E-state index contributed by atoms with van der Waals surface area (Å²) in [6, 6.07) is 9.88. The molecule has 2 rings (SSSR count). The molecular weight excluding hydrogens is 302 g/mol. The topological polar surface area (TPSA) is 18.5 Å². The van der Waals surface area contributed by atoms with Crippen LogP contribution in [-0.2, 0) is 0 Å². The van der Waals surface area contributed by atoms with Crippen LogP contribution in [0.2, 0.25) is 0 Å². The molecule has 1 aromatic rings. The lowest BCUT2D eigenvalue weighted by Crippen LogP contribution is -2.56. The Balaban J connectivity index is 2.07. The van der Waals surface area contributed by atoms with E-state index in [1.165, 1.54) is 12.1 Å². The van der Waals surface area contributed by atoms with Gasteiger partial charge in [0.1, 0.15) is 0 Å². The van der Waals surface area contributed by atoms with E-state index in [1.54, 1.807) is 0 Å². The molecule has 2 unspecified atom stereocenters. The number of hydrogen-bond acceptors (Lipinski definition) is 3. The third-order valence-electron chi connectivity index (χ3n) is 4.11. The molecule has 4 heteroatoms. The Kier molecular flexibility index (Phi) is 5.25. The van der Waals surface area contributed by atoms with Crippen LogP contribution < -0.4 is 10.2 Å². The van der Waals surface area contributed by atoms with Crippen LogP contribution in [0.3, 0.4) is 0 Å². The second-order valence-corrected chi connectivity index (χ2v) is 6.36. The van der Waals surface area contributed by atoms with Gasteiger partial charge in [-0.1, -0.05) is 15.9 Å². The average Bonchev–Trinajstić information content (AvgIpc) is 2.41. The zero-order valence-corrected chi connectivity index (χ0v) is 13.7. The van der Waals surface area contributed by atoms with Gasteiger partial charge >= 0.3 is 0 Å². The Labute approximate surface area is 125 Å². The molecule has 1 heterocycles. The van der Waals surface area contributed by atoms with E-state index in [4.69, 9.17) is 0 Å². The molecule has 1 aliphatic rings. The molecule has 0 amide bonds. The molecule has 2 atom stereocenters. The van der Waals surface area contributed by atoms with Crippen LogP contribution in [0.5, 0.6) is 0 Å². The zero-order valence-electron chi connectivity index (χ0n) is 12.1. The van der Waals surface area contributed by atoms with Crippen LogP contribution in [0.15, 0.2) is 28.7 Å². The molecule has 19 heavy (non-hydrogen) atoms. The first-order valence-electron chi connectivity index (χ1n) is 6.99. The predicted molar refractivity (Wildman–Crippen MR) is 85.9 cm³/mol. The molecule has 0 spiro atoms. The number of nitrogens with zero attached hydrogens (tertiary/aromatic N) is 2. The first-order valence-corrected chi connectivity index (χ1v) is 7.78. The summed E-state index contributed by atoms with van der Waals surface area (Å²) in [6.07, 6.45) is 1.20. The summed E-state index contributed by atoms with van der Waals surface area (Å²) in [4.78, 5) is 5.03. The monoisotopic (exact) mass is 325 g/mol. The van der Waals surface area contributed by atoms with Crippen molar-refractivity contribution in [2.24, 2.45) is 0 Å². The van der Waals surface area contributed by atoms with Crippen molar-refractivity contribution >= 4 is 21.6 Å². The van der Waals surface area contributed by atoms with Crippen molar-refractivity contribution < 1.29 is 0 Å². The Morgan fingerprint density at radius 1 is 1.26 bits per heavy atom. The molecule has 1 fully saturated rings. The van der Waals surface area contributed by atoms with Crippen LogP contribution in [0.4, 0.5) is 5.69 Å². The number of anilines is 1. The fraction of sp³-hybridized carbons (Fsp3) is 0.600. The summed E-state index contributed by atoms with van der Waals surface area (Å²) in [5, 5.41) is 3.26. The van der Waals surface area contributed by atoms with E-state index in [2.05, 4.69) is 69.3 Å². The summed E-state index contributed by atoms with van der Waals surface area (Å²) in [5.41, 5.74) is 1.33. The van der Waals surface area contributed by atoms with Crippen molar-refractivity contribution in [3.63, 3.8) is 0 Å². The van der Waals surface area contributed by atoms with Gasteiger partial charge in [0.25, 0.3) is 0 Å². The Bertz CT molecular complexity index is 393. The summed E-state index contributed by atoms with van der Waals surface area (Å²) in [6.45, 7) is 5.62. The molecule has 1 N–H and O–H groups in total. The predicted octanol–water partition coefficient (Wildman–Crippen LogP) is 2.57. The normalized spacial score (nSPS) is 24.7. The van der Waals surface area contributed by atoms with Crippen molar-refractivity contribution in [3.05, 3.63) is 28.7 Å². The third kappa shape index (κ3) is 3.71. The highest BCUT2D eigenvalue weighted by Gasteiger charge is 2.28. The molecule has 0 aliphatic carbocycles. The lowest BCUT2D eigenvalue weighted by molar-refractivity contribution is 0.150. The van der Waals surface area contributed by atoms with E-state index >= 15 is 0 Å². The van der Waals surface area contributed by atoms with Gasteiger partial charge in [-0.05, 0) is 58.3 Å². The second-order valence-electron chi connectivity index (χ2n) is 5.44. The smallest absolute Gasteiger partial charge is 0.0368 e. The summed E-state index contributed by atoms with van der Waals surface area (Å²) in [7, 11) is 4.28. The minimum Gasteiger partial charge on any atom is -0.368 e. The van der Waals surface area contributed by atoms with Crippen molar-refractivity contribution in [1.82, 2.24) is 10.2 Å². The number of nitrogens with one attached hydrogen (secondary N) is 1. The van der Waals surface area contributed by atoms with Gasteiger partial charge in [-0.2, -0.15) is 0 Å². The van der Waals surface area contributed by atoms with Crippen molar-refractivity contribution in [2.75, 3.05) is 38.6 Å². The van der Waals surface area contributed by atoms with Crippen LogP contribution in [0.25, 0.3) is 0 Å². The third-order valence-corrected chi connectivity index (χ3v) is 4.63. The number of rotatable bonds is 4. The van der Waals surface area contributed by atoms with E-state index in [0.717, 1.165) is 24.1 Å². The van der Waals surface area contributed by atoms with Crippen LogP contribution >= 0.6 is 15.9 Å². The fourth-order valence-corrected chi connectivity index (χ4v) is 3.00. The lowest BCUT2D eigenvalue weighted by atomic mass is 10.0. The second kappa shape index (κ2) is 6.73. The molecule has 1 aromatic carbocycles. The lowest BCUT2D eigenvalue weighted by Gasteiger charge is -2.45. The van der Waals surface area contributed by atoms with Crippen molar-refractivity contribution in [1.29, 1.82) is 0 Å². The fourth-order valence-electron chi connectivity index (χ4n) is 2.73. The average molecular weight is 326 g/mol. The molecule has 0 radical (unpaired) electrons. The number of hydrogen-bond donors (Lipinski definition) is 1. The van der Waals surface area contributed by atoms with Gasteiger partial charge in [-0.15, -0.1) is 0 Å². The van der Waals surface area contributed by atoms with Crippen LogP contribution in [0.1, 0.15) is 13.3 Å². The highest BCUT2D eigenvalue weighted by Crippen LogP contribution is 2.24. The van der Waals surface area contributed by atoms with E-state index in [0.29, 0.717) is 12.1 Å². The van der Waals surface area contributed by atoms with E-state index in [-0.39, 0.29) is 0 Å². The molecular formula is C15H24BrN3. The molecule has 0 aromatic heterocycles. The first-order chi connectivity index (χ1) is 9.11. The standard InChI is InChI=1S/C15H24BrN3/c1-12-10-19(14-6-4-13(16)5-7-14)11-15(18(12)3)8-9-17-2/h4-7,12,15,17H,8-11H2,1-3H3. The van der Waals surface area contributed by atoms with Crippen molar-refractivity contribution in [3.8, 4) is 0 Å². The van der Waals surface area contributed by atoms with E-state index in [9.17, 15) is 0 Å². The summed E-state index contributed by atoms with van der Waals surface area (Å²) < 4.78 is 1.14. The summed E-state index contributed by atoms with van der Waals surface area (Å²) in [5.74, 6) is 0. The number of benzene rings is 1. The van der Waals surface area contributed by atoms with Crippen LogP contribution in [0, 0.1) is 0 Å². The van der Waals surface area contributed by atoms with Gasteiger partial charge in [0, 0.05) is 35.3 Å². The molecule has 106 valence electrons. The molecule has 1 saturated heterocycles. The first kappa shape index (κ1) is 14.8. The van der Waals surface area contributed by atoms with E-state index < -0.39 is 0 Å². The SMILES string of the molecule is CNCCC1CN(c2ccc(Br)cc2)CC(C)N1C. The minimum atomic E-state index is 0.597. The van der Waals surface area contributed by atoms with Gasteiger partial charge in [0.15, 0.2) is 0 Å². The largest absolute Gasteiger partial charge is 0.368 e. The number of likely N-dealkylation sites (N-methyl/N-ethyl adjacent to an activating group) is 1. The maximum Gasteiger partial charge on any atom is 0.0368 e. The van der Waals surface area contributed by atoms with Crippen molar-refractivity contribution in [2.45, 2.75) is 25.4 Å². The van der Waals surface area contributed by atoms with Gasteiger partial charge < -0.3 is 10.2 Å². The quantitative estimate of drug-likeness (QED) is 0.917. The number of halogens is 1. The Morgan fingerprint density at radius 2 is 1.95 bits per heavy atom. The molecule has 0 bridgehead atoms. The molecule has 3 nitrogen and oxygen atoms in total. The maximum absolute atomic E-state index is 3.50. The van der Waals surface area contributed by atoms with E-state index in [1.807, 2.05) is 7.05 Å². The minimum absolute atomic E-state index is 0.597. The van der Waals surface area contributed by atoms with Gasteiger partial charge in [-0.3, -0.25) is 4.90 Å². The summed E-state index contributed by atoms with van der Waals surface area (Å²) >= 11 is 3.50. The Morgan fingerprint density at radius 3 is 2.58 bits per heavy atom. The highest BCUT2D eigenvalue weighted by atomic mass is 79.9.